The fraction of sp³-hybridized carbons (Fsp3) is 0.120. The van der Waals surface area contributed by atoms with Crippen LogP contribution in [0.25, 0.3) is 0 Å². The Kier molecular flexibility index (Phi) is 7.10. The SMILES string of the molecule is COc1cccc(C2C(C(=O)c3cccs3)=C(O)C(=O)N2c2nnc(SCc3ccc(Cl)cc3)s2)c1. The van der Waals surface area contributed by atoms with E-state index in [1.165, 1.54) is 46.4 Å². The van der Waals surface area contributed by atoms with Gasteiger partial charge in [-0.15, -0.1) is 21.5 Å². The standard InChI is InChI=1S/C25H18ClN3O4S3/c1-33-17-5-2-4-15(12-17)20-19(21(30)18-6-3-11-34-18)22(31)23(32)29(20)24-27-28-25(36-24)35-13-14-7-9-16(26)10-8-14/h2-12,20,31H,13H2,1H3. The molecule has 36 heavy (non-hydrogen) atoms. The van der Waals surface area contributed by atoms with Gasteiger partial charge < -0.3 is 9.84 Å². The number of amides is 1. The maximum absolute atomic E-state index is 13.4. The van der Waals surface area contributed by atoms with Gasteiger partial charge in [-0.25, -0.2) is 0 Å². The predicted molar refractivity (Wildman–Crippen MR) is 142 cm³/mol. The molecule has 7 nitrogen and oxygen atoms in total. The van der Waals surface area contributed by atoms with Crippen LogP contribution in [0.3, 0.4) is 0 Å². The number of ether oxygens (including phenoxy) is 1. The van der Waals surface area contributed by atoms with Gasteiger partial charge in [0.05, 0.1) is 23.6 Å². The van der Waals surface area contributed by atoms with Crippen molar-refractivity contribution in [1.82, 2.24) is 10.2 Å². The molecule has 3 heterocycles. The smallest absolute Gasteiger partial charge is 0.296 e. The molecular formula is C25H18ClN3O4S3. The number of hydrogen-bond acceptors (Lipinski definition) is 9. The number of rotatable bonds is 8. The zero-order valence-corrected chi connectivity index (χ0v) is 22.0. The van der Waals surface area contributed by atoms with Crippen LogP contribution in [0.2, 0.25) is 5.02 Å². The molecule has 0 radical (unpaired) electrons. The molecule has 5 rings (SSSR count). The van der Waals surface area contributed by atoms with Gasteiger partial charge in [-0.05, 0) is 46.8 Å². The Morgan fingerprint density at radius 3 is 2.69 bits per heavy atom. The molecule has 2 aromatic carbocycles. The lowest BCUT2D eigenvalue weighted by Crippen LogP contribution is -2.31. The lowest BCUT2D eigenvalue weighted by atomic mass is 9.95. The van der Waals surface area contributed by atoms with E-state index in [4.69, 9.17) is 16.3 Å². The summed E-state index contributed by atoms with van der Waals surface area (Å²) in [6.45, 7) is 0. The van der Waals surface area contributed by atoms with Gasteiger partial charge in [-0.2, -0.15) is 0 Å². The van der Waals surface area contributed by atoms with Crippen molar-refractivity contribution < 1.29 is 19.4 Å². The molecule has 1 atom stereocenters. The number of carbonyl (C=O) groups excluding carboxylic acids is 2. The fourth-order valence-corrected chi connectivity index (χ4v) is 6.41. The summed E-state index contributed by atoms with van der Waals surface area (Å²) in [5, 5.41) is 22.1. The number of aromatic nitrogens is 2. The Balaban J connectivity index is 1.49. The van der Waals surface area contributed by atoms with Gasteiger partial charge >= 0.3 is 0 Å². The van der Waals surface area contributed by atoms with E-state index in [9.17, 15) is 14.7 Å². The van der Waals surface area contributed by atoms with E-state index in [-0.39, 0.29) is 10.7 Å². The van der Waals surface area contributed by atoms with Crippen molar-refractivity contribution in [3.05, 3.63) is 98.4 Å². The summed E-state index contributed by atoms with van der Waals surface area (Å²) in [4.78, 5) is 28.5. The lowest BCUT2D eigenvalue weighted by molar-refractivity contribution is -0.117. The zero-order chi connectivity index (χ0) is 25.2. The van der Waals surface area contributed by atoms with Crippen LogP contribution in [0.1, 0.15) is 26.8 Å². The van der Waals surface area contributed by atoms with Crippen LogP contribution in [-0.2, 0) is 10.5 Å². The molecule has 0 bridgehead atoms. The number of benzene rings is 2. The summed E-state index contributed by atoms with van der Waals surface area (Å²) in [6, 6.07) is 17.1. The monoisotopic (exact) mass is 555 g/mol. The Labute approximate surface area is 224 Å². The Morgan fingerprint density at radius 1 is 1.17 bits per heavy atom. The summed E-state index contributed by atoms with van der Waals surface area (Å²) in [7, 11) is 1.54. The highest BCUT2D eigenvalue weighted by Crippen LogP contribution is 2.44. The van der Waals surface area contributed by atoms with Crippen LogP contribution in [0, 0.1) is 0 Å². The van der Waals surface area contributed by atoms with Crippen LogP contribution in [0.4, 0.5) is 5.13 Å². The maximum atomic E-state index is 13.4. The van der Waals surface area contributed by atoms with E-state index in [1.807, 2.05) is 24.3 Å². The van der Waals surface area contributed by atoms with E-state index in [1.54, 1.807) is 41.8 Å². The number of hydrogen-bond donors (Lipinski definition) is 1. The molecular weight excluding hydrogens is 538 g/mol. The second-order valence-corrected chi connectivity index (χ2v) is 11.3. The summed E-state index contributed by atoms with van der Waals surface area (Å²) in [5.74, 6) is -0.497. The van der Waals surface area contributed by atoms with Gasteiger partial charge in [-0.1, -0.05) is 65.0 Å². The molecule has 1 amide bonds. The van der Waals surface area contributed by atoms with Crippen molar-refractivity contribution in [2.75, 3.05) is 12.0 Å². The third kappa shape index (κ3) is 4.77. The van der Waals surface area contributed by atoms with E-state index < -0.39 is 23.5 Å². The van der Waals surface area contributed by atoms with Gasteiger partial charge in [0.15, 0.2) is 10.1 Å². The predicted octanol–water partition coefficient (Wildman–Crippen LogP) is 6.34. The Hall–Kier alpha value is -3.18. The number of anilines is 1. The van der Waals surface area contributed by atoms with Crippen LogP contribution in [0.15, 0.2) is 81.7 Å². The van der Waals surface area contributed by atoms with Crippen molar-refractivity contribution in [2.24, 2.45) is 0 Å². The number of carbonyl (C=O) groups is 2. The van der Waals surface area contributed by atoms with Gasteiger partial charge in [0.25, 0.3) is 5.91 Å². The fourth-order valence-electron chi connectivity index (χ4n) is 3.79. The zero-order valence-electron chi connectivity index (χ0n) is 18.8. The first kappa shape index (κ1) is 24.5. The number of halogens is 1. The lowest BCUT2D eigenvalue weighted by Gasteiger charge is -2.24. The number of Topliss-reactive ketones (excluding diaryl/α,β-unsaturated/α-hetero) is 1. The minimum absolute atomic E-state index is 0.00118. The maximum Gasteiger partial charge on any atom is 0.296 e. The topological polar surface area (TPSA) is 92.6 Å². The largest absolute Gasteiger partial charge is 0.503 e. The highest BCUT2D eigenvalue weighted by Gasteiger charge is 2.46. The van der Waals surface area contributed by atoms with Crippen LogP contribution in [0.5, 0.6) is 5.75 Å². The molecule has 1 aliphatic rings. The van der Waals surface area contributed by atoms with Crippen molar-refractivity contribution >= 4 is 62.9 Å². The second kappa shape index (κ2) is 10.4. The molecule has 0 saturated carbocycles. The number of aliphatic hydroxyl groups is 1. The molecule has 4 aromatic rings. The van der Waals surface area contributed by atoms with Gasteiger partial charge in [0.1, 0.15) is 5.75 Å². The quantitative estimate of drug-likeness (QED) is 0.154. The van der Waals surface area contributed by atoms with Crippen LogP contribution >= 0.6 is 46.0 Å². The molecule has 1 N–H and O–H groups in total. The molecule has 1 unspecified atom stereocenters. The Morgan fingerprint density at radius 2 is 1.97 bits per heavy atom. The van der Waals surface area contributed by atoms with Crippen molar-refractivity contribution in [1.29, 1.82) is 0 Å². The van der Waals surface area contributed by atoms with Gasteiger partial charge in [-0.3, -0.25) is 14.5 Å². The van der Waals surface area contributed by atoms with Crippen molar-refractivity contribution in [3.8, 4) is 5.75 Å². The van der Waals surface area contributed by atoms with Crippen molar-refractivity contribution in [2.45, 2.75) is 16.1 Å². The molecule has 0 aliphatic carbocycles. The molecule has 0 saturated heterocycles. The first-order valence-electron chi connectivity index (χ1n) is 10.7. The molecule has 2 aromatic heterocycles. The Bertz CT molecular complexity index is 1450. The summed E-state index contributed by atoms with van der Waals surface area (Å²) >= 11 is 9.90. The number of nitrogens with zero attached hydrogens (tertiary/aromatic N) is 3. The number of aliphatic hydroxyl groups excluding tert-OH is 1. The summed E-state index contributed by atoms with van der Waals surface area (Å²) < 4.78 is 6.01. The van der Waals surface area contributed by atoms with E-state index in [0.717, 1.165) is 5.56 Å². The number of ketones is 1. The van der Waals surface area contributed by atoms with E-state index in [0.29, 0.717) is 31.3 Å². The van der Waals surface area contributed by atoms with Gasteiger partial charge in [0.2, 0.25) is 10.9 Å². The third-order valence-corrected chi connectivity index (χ3v) is 8.73. The second-order valence-electron chi connectivity index (χ2n) is 7.69. The molecule has 1 aliphatic heterocycles. The average molecular weight is 556 g/mol. The molecule has 11 heteroatoms. The highest BCUT2D eigenvalue weighted by atomic mass is 35.5. The number of thioether (sulfide) groups is 1. The highest BCUT2D eigenvalue weighted by molar-refractivity contribution is 8.00. The summed E-state index contributed by atoms with van der Waals surface area (Å²) in [6.07, 6.45) is 0. The van der Waals surface area contributed by atoms with Crippen molar-refractivity contribution in [3.63, 3.8) is 0 Å². The first-order valence-corrected chi connectivity index (χ1v) is 13.7. The normalized spacial score (nSPS) is 15.6. The van der Waals surface area contributed by atoms with Gasteiger partial charge in [0, 0.05) is 10.8 Å². The number of thiophene rings is 1. The minimum atomic E-state index is -0.885. The summed E-state index contributed by atoms with van der Waals surface area (Å²) in [5.41, 5.74) is 1.68. The minimum Gasteiger partial charge on any atom is -0.503 e. The van der Waals surface area contributed by atoms with E-state index in [2.05, 4.69) is 10.2 Å². The van der Waals surface area contributed by atoms with Crippen LogP contribution in [-0.4, -0.2) is 34.1 Å². The molecule has 182 valence electrons. The average Bonchev–Trinajstić information content (AvgIpc) is 3.64. The third-order valence-electron chi connectivity index (χ3n) is 5.48. The molecule has 0 spiro atoms. The van der Waals surface area contributed by atoms with E-state index >= 15 is 0 Å². The van der Waals surface area contributed by atoms with Crippen LogP contribution < -0.4 is 9.64 Å². The first-order chi connectivity index (χ1) is 17.5. The molecule has 0 fully saturated rings. The number of methoxy groups -OCH3 is 1.